The molecule has 0 bridgehead atoms. The van der Waals surface area contributed by atoms with E-state index >= 15 is 0 Å². The largest absolute Gasteiger partial charge is 0.477 e. The second-order valence-corrected chi connectivity index (χ2v) is 5.50. The van der Waals surface area contributed by atoms with Gasteiger partial charge in [-0.3, -0.25) is 0 Å². The standard InChI is InChI=1S/C17H17N5O2/c1-12-5-3-4-6-15(12)22-10-13(7-20-22)9-21(2)16-14(17(23)24)8-18-11-19-16/h3-8,10-11H,9H2,1-2H3,(H,23,24). The molecule has 1 N–H and O–H groups in total. The number of rotatable bonds is 5. The van der Waals surface area contributed by atoms with E-state index in [4.69, 9.17) is 0 Å². The van der Waals surface area contributed by atoms with Crippen molar-refractivity contribution < 1.29 is 9.90 Å². The number of anilines is 1. The van der Waals surface area contributed by atoms with E-state index in [0.717, 1.165) is 16.8 Å². The summed E-state index contributed by atoms with van der Waals surface area (Å²) in [5.74, 6) is -0.672. The van der Waals surface area contributed by atoms with E-state index in [0.29, 0.717) is 12.4 Å². The minimum absolute atomic E-state index is 0.0753. The highest BCUT2D eigenvalue weighted by molar-refractivity contribution is 5.92. The van der Waals surface area contributed by atoms with Crippen LogP contribution in [0.3, 0.4) is 0 Å². The van der Waals surface area contributed by atoms with Gasteiger partial charge in [-0.1, -0.05) is 18.2 Å². The van der Waals surface area contributed by atoms with Crippen LogP contribution in [0, 0.1) is 6.92 Å². The molecule has 24 heavy (non-hydrogen) atoms. The lowest BCUT2D eigenvalue weighted by Crippen LogP contribution is -2.20. The second kappa shape index (κ2) is 6.49. The van der Waals surface area contributed by atoms with Crippen molar-refractivity contribution in [1.29, 1.82) is 0 Å². The molecule has 3 aromatic rings. The van der Waals surface area contributed by atoms with Crippen molar-refractivity contribution in [2.24, 2.45) is 0 Å². The highest BCUT2D eigenvalue weighted by Gasteiger charge is 2.16. The number of carbonyl (C=O) groups is 1. The molecule has 0 aliphatic heterocycles. The van der Waals surface area contributed by atoms with Crippen molar-refractivity contribution in [3.63, 3.8) is 0 Å². The van der Waals surface area contributed by atoms with E-state index < -0.39 is 5.97 Å². The van der Waals surface area contributed by atoms with Gasteiger partial charge in [0.2, 0.25) is 0 Å². The van der Waals surface area contributed by atoms with E-state index in [1.807, 2.05) is 42.1 Å². The van der Waals surface area contributed by atoms with Crippen molar-refractivity contribution in [3.05, 3.63) is 65.9 Å². The number of aromatic carboxylic acids is 1. The predicted molar refractivity (Wildman–Crippen MR) is 89.4 cm³/mol. The molecule has 3 rings (SSSR count). The van der Waals surface area contributed by atoms with Gasteiger partial charge in [0.05, 0.1) is 11.9 Å². The molecule has 2 aromatic heterocycles. The predicted octanol–water partition coefficient (Wildman–Crippen LogP) is 2.31. The van der Waals surface area contributed by atoms with Gasteiger partial charge in [0.15, 0.2) is 0 Å². The summed E-state index contributed by atoms with van der Waals surface area (Å²) < 4.78 is 1.82. The summed E-state index contributed by atoms with van der Waals surface area (Å²) in [7, 11) is 1.79. The molecular formula is C17H17N5O2. The van der Waals surface area contributed by atoms with Crippen molar-refractivity contribution in [1.82, 2.24) is 19.7 Å². The van der Waals surface area contributed by atoms with Crippen LogP contribution in [0.5, 0.6) is 0 Å². The van der Waals surface area contributed by atoms with Crippen LogP contribution in [0.25, 0.3) is 5.69 Å². The fraction of sp³-hybridized carbons (Fsp3) is 0.176. The summed E-state index contributed by atoms with van der Waals surface area (Å²) in [6, 6.07) is 7.99. The molecule has 0 unspecified atom stereocenters. The average Bonchev–Trinajstić information content (AvgIpc) is 3.03. The first kappa shape index (κ1) is 15.7. The molecular weight excluding hydrogens is 306 g/mol. The van der Waals surface area contributed by atoms with Crippen LogP contribution in [0.15, 0.2) is 49.2 Å². The Kier molecular flexibility index (Phi) is 4.24. The molecule has 0 saturated heterocycles. The third-order valence-electron chi connectivity index (χ3n) is 3.70. The summed E-state index contributed by atoms with van der Waals surface area (Å²) in [5.41, 5.74) is 3.17. The van der Waals surface area contributed by atoms with Crippen LogP contribution in [0.2, 0.25) is 0 Å². The van der Waals surface area contributed by atoms with Gasteiger partial charge in [0.1, 0.15) is 17.7 Å². The maximum atomic E-state index is 11.3. The Morgan fingerprint density at radius 2 is 2.08 bits per heavy atom. The fourth-order valence-electron chi connectivity index (χ4n) is 2.52. The van der Waals surface area contributed by atoms with Gasteiger partial charge in [-0.2, -0.15) is 5.10 Å². The van der Waals surface area contributed by atoms with E-state index in [-0.39, 0.29) is 5.56 Å². The minimum Gasteiger partial charge on any atom is -0.477 e. The molecule has 1 aromatic carbocycles. The Labute approximate surface area is 139 Å². The van der Waals surface area contributed by atoms with E-state index in [1.54, 1.807) is 18.1 Å². The van der Waals surface area contributed by atoms with Crippen molar-refractivity contribution in [2.45, 2.75) is 13.5 Å². The van der Waals surface area contributed by atoms with Crippen LogP contribution >= 0.6 is 0 Å². The molecule has 0 amide bonds. The Hall–Kier alpha value is -3.22. The van der Waals surface area contributed by atoms with Crippen molar-refractivity contribution in [3.8, 4) is 5.69 Å². The van der Waals surface area contributed by atoms with E-state index in [1.165, 1.54) is 12.5 Å². The van der Waals surface area contributed by atoms with Gasteiger partial charge in [-0.25, -0.2) is 19.4 Å². The SMILES string of the molecule is Cc1ccccc1-n1cc(CN(C)c2ncncc2C(=O)O)cn1. The molecule has 0 fully saturated rings. The first-order valence-electron chi connectivity index (χ1n) is 7.40. The monoisotopic (exact) mass is 323 g/mol. The van der Waals surface area contributed by atoms with Gasteiger partial charge >= 0.3 is 5.97 Å². The average molecular weight is 323 g/mol. The highest BCUT2D eigenvalue weighted by atomic mass is 16.4. The number of aryl methyl sites for hydroxylation is 1. The molecule has 2 heterocycles. The van der Waals surface area contributed by atoms with Crippen molar-refractivity contribution >= 4 is 11.8 Å². The number of hydrogen-bond donors (Lipinski definition) is 1. The molecule has 7 heteroatoms. The van der Waals surface area contributed by atoms with E-state index in [2.05, 4.69) is 15.1 Å². The first-order chi connectivity index (χ1) is 11.6. The van der Waals surface area contributed by atoms with Gasteiger partial charge in [0, 0.05) is 31.5 Å². The lowest BCUT2D eigenvalue weighted by molar-refractivity contribution is 0.0696. The minimum atomic E-state index is -1.05. The Bertz CT molecular complexity index is 875. The lowest BCUT2D eigenvalue weighted by Gasteiger charge is -2.18. The molecule has 7 nitrogen and oxygen atoms in total. The number of hydrogen-bond acceptors (Lipinski definition) is 5. The van der Waals surface area contributed by atoms with Crippen LogP contribution in [-0.4, -0.2) is 37.9 Å². The highest BCUT2D eigenvalue weighted by Crippen LogP contribution is 2.18. The topological polar surface area (TPSA) is 84.1 Å². The zero-order chi connectivity index (χ0) is 17.1. The normalized spacial score (nSPS) is 10.6. The summed E-state index contributed by atoms with van der Waals surface area (Å²) >= 11 is 0. The molecule has 122 valence electrons. The number of aromatic nitrogens is 4. The summed E-state index contributed by atoms with van der Waals surface area (Å²) in [6.07, 6.45) is 6.35. The van der Waals surface area contributed by atoms with Gasteiger partial charge < -0.3 is 10.0 Å². The van der Waals surface area contributed by atoms with Gasteiger partial charge in [-0.05, 0) is 18.6 Å². The quantitative estimate of drug-likeness (QED) is 0.775. The smallest absolute Gasteiger partial charge is 0.341 e. The maximum absolute atomic E-state index is 11.3. The number of benzene rings is 1. The summed E-state index contributed by atoms with van der Waals surface area (Å²) in [4.78, 5) is 20.9. The Balaban J connectivity index is 1.83. The molecule has 0 aliphatic rings. The second-order valence-electron chi connectivity index (χ2n) is 5.50. The van der Waals surface area contributed by atoms with E-state index in [9.17, 15) is 9.90 Å². The van der Waals surface area contributed by atoms with Crippen LogP contribution in [0.1, 0.15) is 21.5 Å². The number of nitrogens with zero attached hydrogens (tertiary/aromatic N) is 5. The molecule has 0 spiro atoms. The molecule has 0 atom stereocenters. The van der Waals surface area contributed by atoms with Gasteiger partial charge in [0.25, 0.3) is 0 Å². The summed E-state index contributed by atoms with van der Waals surface area (Å²) in [5, 5.41) is 13.6. The zero-order valence-corrected chi connectivity index (χ0v) is 13.4. The molecule has 0 saturated carbocycles. The number of para-hydroxylation sites is 1. The molecule has 0 radical (unpaired) electrons. The zero-order valence-electron chi connectivity index (χ0n) is 13.4. The number of carboxylic acid groups (broad SMARTS) is 1. The van der Waals surface area contributed by atoms with Gasteiger partial charge in [-0.15, -0.1) is 0 Å². The first-order valence-corrected chi connectivity index (χ1v) is 7.40. The summed E-state index contributed by atoms with van der Waals surface area (Å²) in [6.45, 7) is 2.52. The van der Waals surface area contributed by atoms with Crippen molar-refractivity contribution in [2.75, 3.05) is 11.9 Å². The third kappa shape index (κ3) is 3.10. The Morgan fingerprint density at radius 1 is 1.29 bits per heavy atom. The fourth-order valence-corrected chi connectivity index (χ4v) is 2.52. The van der Waals surface area contributed by atoms with Crippen LogP contribution in [-0.2, 0) is 6.54 Å². The Morgan fingerprint density at radius 3 is 2.83 bits per heavy atom. The third-order valence-corrected chi connectivity index (χ3v) is 3.70. The maximum Gasteiger partial charge on any atom is 0.341 e. The van der Waals surface area contributed by atoms with Crippen LogP contribution < -0.4 is 4.90 Å². The lowest BCUT2D eigenvalue weighted by atomic mass is 10.2. The number of carboxylic acids is 1. The molecule has 0 aliphatic carbocycles. The van der Waals surface area contributed by atoms with Crippen LogP contribution in [0.4, 0.5) is 5.82 Å².